The summed E-state index contributed by atoms with van der Waals surface area (Å²) in [6.07, 6.45) is -2.28. The first-order valence-electron chi connectivity index (χ1n) is 8.17. The van der Waals surface area contributed by atoms with Crippen LogP contribution in [0.5, 0.6) is 5.75 Å². The van der Waals surface area contributed by atoms with Gasteiger partial charge in [-0.15, -0.1) is 0 Å². The number of ether oxygens (including phenoxy) is 1. The molecule has 2 heterocycles. The van der Waals surface area contributed by atoms with Crippen molar-refractivity contribution in [2.75, 3.05) is 7.11 Å². The average Bonchev–Trinajstić information content (AvgIpc) is 2.66. The van der Waals surface area contributed by atoms with E-state index in [2.05, 4.69) is 10.1 Å². The molecule has 0 saturated carbocycles. The minimum Gasteiger partial charge on any atom is -0.496 e. The van der Waals surface area contributed by atoms with E-state index in [-0.39, 0.29) is 28.3 Å². The van der Waals surface area contributed by atoms with E-state index in [1.165, 1.54) is 25.4 Å². The third kappa shape index (κ3) is 3.96. The van der Waals surface area contributed by atoms with Crippen molar-refractivity contribution in [3.05, 3.63) is 69.8 Å². The Morgan fingerprint density at radius 2 is 1.86 bits per heavy atom. The Morgan fingerprint density at radius 3 is 2.45 bits per heavy atom. The van der Waals surface area contributed by atoms with Crippen LogP contribution in [0.3, 0.4) is 0 Å². The van der Waals surface area contributed by atoms with Gasteiger partial charge >= 0.3 is 12.1 Å². The molecular weight excluding hydrogens is 391 g/mol. The third-order valence-electron chi connectivity index (χ3n) is 4.09. The number of carboxylic acid groups (broad SMARTS) is 1. The summed E-state index contributed by atoms with van der Waals surface area (Å²) in [7, 11) is 1.25. The fourth-order valence-electron chi connectivity index (χ4n) is 2.72. The van der Waals surface area contributed by atoms with Crippen LogP contribution in [-0.2, 0) is 6.18 Å². The van der Waals surface area contributed by atoms with Crippen molar-refractivity contribution in [1.82, 2.24) is 14.8 Å². The third-order valence-corrected chi connectivity index (χ3v) is 4.09. The summed E-state index contributed by atoms with van der Waals surface area (Å²) in [6, 6.07) is 5.20. The SMILES string of the molecule is COc1ccc(C(F)(F)F)cc1-c1cc(-n2ncc(C)cc2=O)ncc1C(=O)O. The molecule has 1 aromatic carbocycles. The van der Waals surface area contributed by atoms with Crippen molar-refractivity contribution >= 4 is 5.97 Å². The summed E-state index contributed by atoms with van der Waals surface area (Å²) in [5.41, 5.74) is -1.46. The van der Waals surface area contributed by atoms with Crippen molar-refractivity contribution in [2.24, 2.45) is 0 Å². The molecule has 0 fully saturated rings. The van der Waals surface area contributed by atoms with Crippen molar-refractivity contribution in [3.8, 4) is 22.7 Å². The number of nitrogens with zero attached hydrogens (tertiary/aromatic N) is 3. The summed E-state index contributed by atoms with van der Waals surface area (Å²) in [6.45, 7) is 1.67. The maximum atomic E-state index is 13.2. The highest BCUT2D eigenvalue weighted by molar-refractivity contribution is 5.97. The van der Waals surface area contributed by atoms with Gasteiger partial charge in [-0.1, -0.05) is 0 Å². The number of hydrogen-bond donors (Lipinski definition) is 1. The van der Waals surface area contributed by atoms with Gasteiger partial charge in [-0.05, 0) is 36.8 Å². The first-order valence-corrected chi connectivity index (χ1v) is 8.17. The molecule has 150 valence electrons. The fourth-order valence-corrected chi connectivity index (χ4v) is 2.72. The predicted molar refractivity (Wildman–Crippen MR) is 96.3 cm³/mol. The lowest BCUT2D eigenvalue weighted by Gasteiger charge is -2.15. The average molecular weight is 405 g/mol. The molecule has 0 radical (unpaired) electrons. The maximum absolute atomic E-state index is 13.2. The number of carboxylic acids is 1. The molecule has 10 heteroatoms. The van der Waals surface area contributed by atoms with E-state index in [9.17, 15) is 27.9 Å². The van der Waals surface area contributed by atoms with Crippen LogP contribution in [0.4, 0.5) is 13.2 Å². The van der Waals surface area contributed by atoms with Crippen LogP contribution in [0.15, 0.2) is 47.5 Å². The van der Waals surface area contributed by atoms with Crippen LogP contribution in [0.2, 0.25) is 0 Å². The van der Waals surface area contributed by atoms with Crippen LogP contribution in [-0.4, -0.2) is 33.0 Å². The highest BCUT2D eigenvalue weighted by atomic mass is 19.4. The first-order chi connectivity index (χ1) is 13.6. The van der Waals surface area contributed by atoms with Crippen LogP contribution >= 0.6 is 0 Å². The van der Waals surface area contributed by atoms with Crippen LogP contribution in [0.25, 0.3) is 16.9 Å². The Bertz CT molecular complexity index is 1160. The molecule has 3 aromatic rings. The van der Waals surface area contributed by atoms with Gasteiger partial charge in [0.25, 0.3) is 5.56 Å². The van der Waals surface area contributed by atoms with E-state index in [4.69, 9.17) is 4.74 Å². The smallest absolute Gasteiger partial charge is 0.416 e. The van der Waals surface area contributed by atoms with E-state index in [0.717, 1.165) is 29.1 Å². The van der Waals surface area contributed by atoms with E-state index >= 15 is 0 Å². The molecule has 0 aliphatic carbocycles. The number of pyridine rings is 1. The molecule has 0 amide bonds. The molecule has 29 heavy (non-hydrogen) atoms. The lowest BCUT2D eigenvalue weighted by Crippen LogP contribution is -2.21. The summed E-state index contributed by atoms with van der Waals surface area (Å²) in [5, 5.41) is 13.4. The monoisotopic (exact) mass is 405 g/mol. The van der Waals surface area contributed by atoms with Gasteiger partial charge in [-0.25, -0.2) is 9.78 Å². The van der Waals surface area contributed by atoms with Gasteiger partial charge in [0.2, 0.25) is 0 Å². The highest BCUT2D eigenvalue weighted by Crippen LogP contribution is 2.38. The fraction of sp³-hybridized carbons (Fsp3) is 0.158. The minimum atomic E-state index is -4.64. The second kappa shape index (κ2) is 7.38. The van der Waals surface area contributed by atoms with Crippen molar-refractivity contribution < 1.29 is 27.8 Å². The Labute approximate surface area is 162 Å². The minimum absolute atomic E-state index is 0.0295. The van der Waals surface area contributed by atoms with Gasteiger partial charge in [0, 0.05) is 23.4 Å². The molecule has 2 aromatic heterocycles. The molecule has 0 saturated heterocycles. The number of aryl methyl sites for hydroxylation is 1. The van der Waals surface area contributed by atoms with Crippen molar-refractivity contribution in [1.29, 1.82) is 0 Å². The Hall–Kier alpha value is -3.69. The molecule has 0 atom stereocenters. The molecule has 0 bridgehead atoms. The van der Waals surface area contributed by atoms with Gasteiger partial charge in [0.1, 0.15) is 5.75 Å². The van der Waals surface area contributed by atoms with E-state index in [1.807, 2.05) is 0 Å². The standard InChI is InChI=1S/C19H14F3N3O4/c1-10-5-17(26)25(24-8-10)16-7-12(14(9-23-16)18(27)28)13-6-11(19(20,21)22)3-4-15(13)29-2/h3-9H,1-2H3,(H,27,28). The molecule has 0 spiro atoms. The Morgan fingerprint density at radius 1 is 1.14 bits per heavy atom. The lowest BCUT2D eigenvalue weighted by molar-refractivity contribution is -0.137. The molecular formula is C19H14F3N3O4. The predicted octanol–water partition coefficient (Wildman–Crippen LogP) is 3.33. The quantitative estimate of drug-likeness (QED) is 0.716. The molecule has 1 N–H and O–H groups in total. The van der Waals surface area contributed by atoms with E-state index in [1.54, 1.807) is 6.92 Å². The Balaban J connectivity index is 2.30. The normalized spacial score (nSPS) is 11.3. The van der Waals surface area contributed by atoms with Crippen molar-refractivity contribution in [2.45, 2.75) is 13.1 Å². The lowest BCUT2D eigenvalue weighted by atomic mass is 9.98. The first kappa shape index (κ1) is 20.1. The molecule has 0 aliphatic heterocycles. The largest absolute Gasteiger partial charge is 0.496 e. The second-order valence-corrected chi connectivity index (χ2v) is 6.09. The van der Waals surface area contributed by atoms with E-state index in [0.29, 0.717) is 5.56 Å². The van der Waals surface area contributed by atoms with Gasteiger partial charge in [0.05, 0.1) is 24.4 Å². The van der Waals surface area contributed by atoms with Crippen LogP contribution < -0.4 is 10.3 Å². The summed E-state index contributed by atoms with van der Waals surface area (Å²) in [4.78, 5) is 27.8. The summed E-state index contributed by atoms with van der Waals surface area (Å²) >= 11 is 0. The van der Waals surface area contributed by atoms with Gasteiger partial charge in [-0.3, -0.25) is 4.79 Å². The zero-order chi connectivity index (χ0) is 21.3. The molecule has 0 unspecified atom stereocenters. The zero-order valence-electron chi connectivity index (χ0n) is 15.2. The van der Waals surface area contributed by atoms with Gasteiger partial charge < -0.3 is 9.84 Å². The summed E-state index contributed by atoms with van der Waals surface area (Å²) < 4.78 is 45.6. The van der Waals surface area contributed by atoms with Crippen LogP contribution in [0, 0.1) is 6.92 Å². The van der Waals surface area contributed by atoms with Gasteiger partial charge in [0.15, 0.2) is 5.82 Å². The molecule has 0 aliphatic rings. The topological polar surface area (TPSA) is 94.3 Å². The van der Waals surface area contributed by atoms with E-state index < -0.39 is 23.3 Å². The number of aromatic nitrogens is 3. The maximum Gasteiger partial charge on any atom is 0.416 e. The van der Waals surface area contributed by atoms with Crippen molar-refractivity contribution in [3.63, 3.8) is 0 Å². The zero-order valence-corrected chi connectivity index (χ0v) is 15.2. The molecule has 3 rings (SSSR count). The number of methoxy groups -OCH3 is 1. The number of hydrogen-bond acceptors (Lipinski definition) is 5. The number of benzene rings is 1. The van der Waals surface area contributed by atoms with Crippen LogP contribution in [0.1, 0.15) is 21.5 Å². The highest BCUT2D eigenvalue weighted by Gasteiger charge is 2.32. The van der Waals surface area contributed by atoms with Gasteiger partial charge in [-0.2, -0.15) is 23.0 Å². The molecule has 7 nitrogen and oxygen atoms in total. The number of halogens is 3. The number of rotatable bonds is 4. The number of aromatic carboxylic acids is 1. The second-order valence-electron chi connectivity index (χ2n) is 6.09. The number of carbonyl (C=O) groups is 1. The Kier molecular flexibility index (Phi) is 5.10. The summed E-state index contributed by atoms with van der Waals surface area (Å²) in [5.74, 6) is -1.42. The number of alkyl halides is 3.